The Morgan fingerprint density at radius 2 is 1.67 bits per heavy atom. The van der Waals surface area contributed by atoms with Crippen LogP contribution in [0, 0.1) is 6.92 Å². The number of thioether (sulfide) groups is 1. The maximum Gasteiger partial charge on any atom is 0.298 e. The van der Waals surface area contributed by atoms with Gasteiger partial charge in [-0.25, -0.2) is 4.90 Å². The summed E-state index contributed by atoms with van der Waals surface area (Å²) in [5, 5.41) is 0.401. The summed E-state index contributed by atoms with van der Waals surface area (Å²) in [7, 11) is 0. The Kier molecular flexibility index (Phi) is 5.93. The van der Waals surface area contributed by atoms with Crippen molar-refractivity contribution in [3.05, 3.63) is 99.4 Å². The molecular weight excluding hydrogens is 418 g/mol. The Labute approximate surface area is 184 Å². The monoisotopic (exact) mass is 435 g/mol. The van der Waals surface area contributed by atoms with Gasteiger partial charge in [-0.05, 0) is 71.8 Å². The highest BCUT2D eigenvalue weighted by atomic mass is 35.5. The highest BCUT2D eigenvalue weighted by Gasteiger charge is 2.36. The molecular formula is C24H18ClNO3S. The zero-order chi connectivity index (χ0) is 21.1. The summed E-state index contributed by atoms with van der Waals surface area (Å²) in [6.45, 7) is 2.32. The molecule has 1 heterocycles. The third-order valence-electron chi connectivity index (χ3n) is 4.65. The Hall–Kier alpha value is -3.02. The second kappa shape index (κ2) is 8.78. The molecule has 0 bridgehead atoms. The number of aryl methyl sites for hydroxylation is 1. The van der Waals surface area contributed by atoms with E-state index >= 15 is 0 Å². The molecule has 4 rings (SSSR count). The minimum atomic E-state index is -0.303. The summed E-state index contributed by atoms with van der Waals surface area (Å²) in [6, 6.07) is 22.2. The van der Waals surface area contributed by atoms with Crippen molar-refractivity contribution < 1.29 is 14.3 Å². The molecule has 0 aliphatic carbocycles. The van der Waals surface area contributed by atoms with Gasteiger partial charge < -0.3 is 4.74 Å². The summed E-state index contributed by atoms with van der Waals surface area (Å²) < 4.78 is 5.78. The molecule has 1 aliphatic rings. The number of anilines is 1. The molecule has 3 aromatic carbocycles. The second-order valence-corrected chi connectivity index (χ2v) is 8.22. The van der Waals surface area contributed by atoms with Gasteiger partial charge in [-0.1, -0.05) is 54.1 Å². The molecule has 4 nitrogen and oxygen atoms in total. The third kappa shape index (κ3) is 4.42. The number of imide groups is 1. The van der Waals surface area contributed by atoms with Gasteiger partial charge in [-0.2, -0.15) is 0 Å². The first kappa shape index (κ1) is 20.3. The topological polar surface area (TPSA) is 46.6 Å². The molecule has 0 saturated carbocycles. The fourth-order valence-electron chi connectivity index (χ4n) is 3.05. The van der Waals surface area contributed by atoms with E-state index in [2.05, 4.69) is 0 Å². The van der Waals surface area contributed by atoms with Crippen LogP contribution in [-0.2, 0) is 11.4 Å². The molecule has 2 amide bonds. The van der Waals surface area contributed by atoms with Crippen molar-refractivity contribution in [2.45, 2.75) is 13.5 Å². The molecule has 1 fully saturated rings. The molecule has 0 N–H and O–H groups in total. The van der Waals surface area contributed by atoms with Crippen LogP contribution in [0.3, 0.4) is 0 Å². The predicted octanol–water partition coefficient (Wildman–Crippen LogP) is 6.47. The van der Waals surface area contributed by atoms with Gasteiger partial charge in [0, 0.05) is 5.02 Å². The van der Waals surface area contributed by atoms with Gasteiger partial charge in [0.15, 0.2) is 0 Å². The average Bonchev–Trinajstić information content (AvgIpc) is 3.02. The van der Waals surface area contributed by atoms with Crippen LogP contribution in [0.5, 0.6) is 5.75 Å². The van der Waals surface area contributed by atoms with Crippen LogP contribution in [0.25, 0.3) is 6.08 Å². The number of benzene rings is 3. The summed E-state index contributed by atoms with van der Waals surface area (Å²) in [5.41, 5.74) is 3.34. The van der Waals surface area contributed by atoms with Crippen LogP contribution in [0.1, 0.15) is 16.7 Å². The lowest BCUT2D eigenvalue weighted by molar-refractivity contribution is -0.113. The van der Waals surface area contributed by atoms with Crippen molar-refractivity contribution in [3.63, 3.8) is 0 Å². The minimum Gasteiger partial charge on any atom is -0.489 e. The summed E-state index contributed by atoms with van der Waals surface area (Å²) >= 11 is 6.84. The number of halogens is 1. The molecule has 6 heteroatoms. The number of amides is 2. The van der Waals surface area contributed by atoms with E-state index in [-0.39, 0.29) is 11.1 Å². The highest BCUT2D eigenvalue weighted by Crippen LogP contribution is 2.37. The predicted molar refractivity (Wildman–Crippen MR) is 122 cm³/mol. The molecule has 1 aliphatic heterocycles. The van der Waals surface area contributed by atoms with E-state index < -0.39 is 0 Å². The van der Waals surface area contributed by atoms with Crippen LogP contribution >= 0.6 is 23.4 Å². The molecule has 3 aromatic rings. The lowest BCUT2D eigenvalue weighted by atomic mass is 10.1. The zero-order valence-electron chi connectivity index (χ0n) is 16.2. The van der Waals surface area contributed by atoms with Crippen LogP contribution in [0.2, 0.25) is 5.02 Å². The minimum absolute atomic E-state index is 0.288. The Morgan fingerprint density at radius 1 is 0.967 bits per heavy atom. The van der Waals surface area contributed by atoms with Gasteiger partial charge in [0.2, 0.25) is 0 Å². The number of para-hydroxylation sites is 1. The lowest BCUT2D eigenvalue weighted by Gasteiger charge is -2.14. The molecule has 0 unspecified atom stereocenters. The first-order valence-corrected chi connectivity index (χ1v) is 10.5. The molecule has 0 radical (unpaired) electrons. The smallest absolute Gasteiger partial charge is 0.298 e. The zero-order valence-corrected chi connectivity index (χ0v) is 17.7. The summed E-state index contributed by atoms with van der Waals surface area (Å²) in [4.78, 5) is 26.9. The summed E-state index contributed by atoms with van der Waals surface area (Å²) in [6.07, 6.45) is 1.73. The molecule has 30 heavy (non-hydrogen) atoms. The van der Waals surface area contributed by atoms with Crippen molar-refractivity contribution >= 4 is 46.3 Å². The number of carbonyl (C=O) groups is 2. The van der Waals surface area contributed by atoms with E-state index in [4.69, 9.17) is 16.3 Å². The van der Waals surface area contributed by atoms with Gasteiger partial charge in [0.25, 0.3) is 11.1 Å². The summed E-state index contributed by atoms with van der Waals surface area (Å²) in [5.74, 6) is 0.414. The van der Waals surface area contributed by atoms with E-state index in [9.17, 15) is 9.59 Å². The molecule has 0 aromatic heterocycles. The van der Waals surface area contributed by atoms with Gasteiger partial charge in [0.05, 0.1) is 10.6 Å². The van der Waals surface area contributed by atoms with E-state index in [0.29, 0.717) is 22.2 Å². The second-order valence-electron chi connectivity index (χ2n) is 6.79. The Bertz CT molecular complexity index is 1120. The van der Waals surface area contributed by atoms with E-state index in [0.717, 1.165) is 34.2 Å². The number of hydrogen-bond donors (Lipinski definition) is 0. The van der Waals surface area contributed by atoms with Crippen molar-refractivity contribution in [2.75, 3.05) is 4.90 Å². The van der Waals surface area contributed by atoms with Crippen molar-refractivity contribution in [1.82, 2.24) is 0 Å². The average molecular weight is 436 g/mol. The normalized spacial score (nSPS) is 15.1. The molecule has 1 saturated heterocycles. The quantitative estimate of drug-likeness (QED) is 0.431. The number of hydrogen-bond acceptors (Lipinski definition) is 4. The Morgan fingerprint density at radius 3 is 2.37 bits per heavy atom. The van der Waals surface area contributed by atoms with Crippen LogP contribution < -0.4 is 9.64 Å². The highest BCUT2D eigenvalue weighted by molar-refractivity contribution is 8.19. The van der Waals surface area contributed by atoms with Crippen LogP contribution in [0.4, 0.5) is 10.5 Å². The fourth-order valence-corrected chi connectivity index (χ4v) is 4.01. The number of rotatable bonds is 5. The molecule has 0 atom stereocenters. The molecule has 150 valence electrons. The number of ether oxygens (including phenoxy) is 1. The first-order valence-electron chi connectivity index (χ1n) is 9.32. The lowest BCUT2D eigenvalue weighted by Crippen LogP contribution is -2.28. The van der Waals surface area contributed by atoms with Crippen LogP contribution in [0.15, 0.2) is 77.7 Å². The Balaban J connectivity index is 1.46. The van der Waals surface area contributed by atoms with Crippen molar-refractivity contribution in [1.29, 1.82) is 0 Å². The van der Waals surface area contributed by atoms with Gasteiger partial charge >= 0.3 is 0 Å². The fraction of sp³-hybridized carbons (Fsp3) is 0.0833. The van der Waals surface area contributed by atoms with Crippen molar-refractivity contribution in [2.24, 2.45) is 0 Å². The standard InChI is InChI=1S/C24H18ClNO3S/c1-16-4-2-3-5-21(16)26-23(27)22(30-24(26)28)14-17-8-12-20(13-9-17)29-15-18-6-10-19(25)11-7-18/h2-14H,15H2,1H3/b22-14-. The third-order valence-corrected chi connectivity index (χ3v) is 5.77. The largest absolute Gasteiger partial charge is 0.489 e. The van der Waals surface area contributed by atoms with E-state index in [1.165, 1.54) is 4.90 Å². The van der Waals surface area contributed by atoms with Gasteiger partial charge in [-0.3, -0.25) is 9.59 Å². The maximum atomic E-state index is 12.8. The number of nitrogens with zero attached hydrogens (tertiary/aromatic N) is 1. The van der Waals surface area contributed by atoms with E-state index in [1.54, 1.807) is 12.1 Å². The van der Waals surface area contributed by atoms with Gasteiger partial charge in [0.1, 0.15) is 12.4 Å². The van der Waals surface area contributed by atoms with E-state index in [1.807, 2.05) is 73.7 Å². The maximum absolute atomic E-state index is 12.8. The molecule has 0 spiro atoms. The number of carbonyl (C=O) groups excluding carboxylic acids is 2. The van der Waals surface area contributed by atoms with Crippen LogP contribution in [-0.4, -0.2) is 11.1 Å². The van der Waals surface area contributed by atoms with Gasteiger partial charge in [-0.15, -0.1) is 0 Å². The first-order chi connectivity index (χ1) is 14.5. The SMILES string of the molecule is Cc1ccccc1N1C(=O)S/C(=C\c2ccc(OCc3ccc(Cl)cc3)cc2)C1=O. The van der Waals surface area contributed by atoms with Crippen molar-refractivity contribution in [3.8, 4) is 5.75 Å².